The summed E-state index contributed by atoms with van der Waals surface area (Å²) in [6.45, 7) is 2.06. The Kier molecular flexibility index (Phi) is 6.48. The van der Waals surface area contributed by atoms with Crippen molar-refractivity contribution >= 4 is 17.3 Å². The van der Waals surface area contributed by atoms with E-state index in [2.05, 4.69) is 9.88 Å². The largest absolute Gasteiger partial charge is 0.482 e. The molecule has 9 heteroatoms. The van der Waals surface area contributed by atoms with Crippen molar-refractivity contribution in [2.24, 2.45) is 0 Å². The zero-order chi connectivity index (χ0) is 22.7. The van der Waals surface area contributed by atoms with E-state index in [1.54, 1.807) is 12.3 Å². The molecule has 1 aliphatic rings. The van der Waals surface area contributed by atoms with E-state index in [9.17, 15) is 18.0 Å². The average molecular weight is 462 g/mol. The molecule has 0 aliphatic carbocycles. The molecule has 0 saturated carbocycles. The van der Waals surface area contributed by atoms with Crippen molar-refractivity contribution in [3.05, 3.63) is 70.2 Å². The first-order chi connectivity index (χ1) is 15.3. The number of hydrogen-bond donors (Lipinski definition) is 1. The first kappa shape index (κ1) is 22.3. The highest BCUT2D eigenvalue weighted by molar-refractivity contribution is 7.15. The van der Waals surface area contributed by atoms with Gasteiger partial charge in [-0.2, -0.15) is 13.2 Å². The predicted molar refractivity (Wildman–Crippen MR) is 115 cm³/mol. The van der Waals surface area contributed by atoms with Crippen molar-refractivity contribution < 1.29 is 27.8 Å². The van der Waals surface area contributed by atoms with Gasteiger partial charge in [-0.1, -0.05) is 18.2 Å². The lowest BCUT2D eigenvalue weighted by molar-refractivity contribution is -0.139. The highest BCUT2D eigenvalue weighted by Gasteiger charge is 2.30. The summed E-state index contributed by atoms with van der Waals surface area (Å²) in [6.07, 6.45) is -0.864. The van der Waals surface area contributed by atoms with Gasteiger partial charge in [0.05, 0.1) is 5.56 Å². The summed E-state index contributed by atoms with van der Waals surface area (Å²) >= 11 is 1.49. The molecular weight excluding hydrogens is 441 g/mol. The number of fused-ring (bicyclic) bond motifs is 1. The van der Waals surface area contributed by atoms with E-state index < -0.39 is 17.7 Å². The Morgan fingerprint density at radius 3 is 2.50 bits per heavy atom. The third-order valence-corrected chi connectivity index (χ3v) is 6.36. The van der Waals surface area contributed by atoms with Gasteiger partial charge in [-0.25, -0.2) is 9.78 Å². The van der Waals surface area contributed by atoms with Crippen LogP contribution in [0.5, 0.6) is 5.75 Å². The van der Waals surface area contributed by atoms with Gasteiger partial charge in [-0.05, 0) is 48.2 Å². The minimum absolute atomic E-state index is 0.364. The van der Waals surface area contributed by atoms with Gasteiger partial charge in [-0.15, -0.1) is 11.3 Å². The molecule has 0 bridgehead atoms. The van der Waals surface area contributed by atoms with Gasteiger partial charge in [0.2, 0.25) is 0 Å². The highest BCUT2D eigenvalue weighted by Crippen LogP contribution is 2.32. The number of ether oxygens (including phenoxy) is 1. The second-order valence-electron chi connectivity index (χ2n) is 7.60. The number of hydrogen-bond acceptors (Lipinski definition) is 5. The maximum absolute atomic E-state index is 12.8. The highest BCUT2D eigenvalue weighted by atomic mass is 32.1. The maximum Gasteiger partial charge on any atom is 0.416 e. The maximum atomic E-state index is 12.8. The zero-order valence-corrected chi connectivity index (χ0v) is 17.9. The Morgan fingerprint density at radius 2 is 1.81 bits per heavy atom. The van der Waals surface area contributed by atoms with Gasteiger partial charge in [0, 0.05) is 36.3 Å². The molecule has 0 amide bonds. The van der Waals surface area contributed by atoms with E-state index in [-0.39, 0.29) is 6.61 Å². The molecule has 2 aromatic carbocycles. The van der Waals surface area contributed by atoms with Gasteiger partial charge >= 0.3 is 12.1 Å². The smallest absolute Gasteiger partial charge is 0.416 e. The van der Waals surface area contributed by atoms with E-state index in [1.807, 2.05) is 12.1 Å². The average Bonchev–Trinajstić information content (AvgIpc) is 3.13. The molecule has 0 saturated heterocycles. The van der Waals surface area contributed by atoms with E-state index in [0.29, 0.717) is 22.9 Å². The number of halogens is 3. The number of carboxylic acid groups (broad SMARTS) is 1. The summed E-state index contributed by atoms with van der Waals surface area (Å²) in [5.74, 6) is -0.449. The number of rotatable bonds is 6. The first-order valence-electron chi connectivity index (χ1n) is 10.1. The van der Waals surface area contributed by atoms with E-state index in [1.165, 1.54) is 29.0 Å². The van der Waals surface area contributed by atoms with Crippen molar-refractivity contribution in [1.82, 2.24) is 9.88 Å². The number of carboxylic acids is 1. The van der Waals surface area contributed by atoms with E-state index in [0.717, 1.165) is 48.5 Å². The molecular formula is C23H21F3N2O3S. The molecule has 32 heavy (non-hydrogen) atoms. The van der Waals surface area contributed by atoms with Crippen LogP contribution in [-0.2, 0) is 30.4 Å². The van der Waals surface area contributed by atoms with Crippen LogP contribution in [0, 0.1) is 0 Å². The lowest BCUT2D eigenvalue weighted by Crippen LogP contribution is -2.25. The van der Waals surface area contributed by atoms with Crippen LogP contribution >= 0.6 is 11.3 Å². The molecule has 4 rings (SSSR count). The van der Waals surface area contributed by atoms with Gasteiger partial charge < -0.3 is 9.84 Å². The summed E-state index contributed by atoms with van der Waals surface area (Å²) in [7, 11) is 0. The molecule has 1 aromatic heterocycles. The predicted octanol–water partition coefficient (Wildman–Crippen LogP) is 4.89. The van der Waals surface area contributed by atoms with Gasteiger partial charge in [0.15, 0.2) is 6.61 Å². The molecule has 0 spiro atoms. The molecule has 1 N–H and O–H groups in total. The summed E-state index contributed by atoms with van der Waals surface area (Å²) < 4.78 is 43.6. The van der Waals surface area contributed by atoms with Crippen LogP contribution in [0.25, 0.3) is 10.6 Å². The van der Waals surface area contributed by atoms with Crippen LogP contribution in [0.3, 0.4) is 0 Å². The van der Waals surface area contributed by atoms with Crippen LogP contribution in [0.15, 0.2) is 48.7 Å². The number of thiazole rings is 1. The Hall–Kier alpha value is -2.91. The quantitative estimate of drug-likeness (QED) is 0.565. The minimum Gasteiger partial charge on any atom is -0.482 e. The second-order valence-corrected chi connectivity index (χ2v) is 8.71. The molecule has 1 aliphatic heterocycles. The summed E-state index contributed by atoms with van der Waals surface area (Å²) in [6, 6.07) is 10.8. The monoisotopic (exact) mass is 462 g/mol. The Balaban J connectivity index is 1.38. The van der Waals surface area contributed by atoms with Crippen LogP contribution in [-0.4, -0.2) is 40.7 Å². The number of aromatic nitrogens is 1. The SMILES string of the molecule is O=C(O)COc1ccc2c(c1)CCN(Cc1cnc(-c3ccc(C(F)(F)F)cc3)s1)CC2. The lowest BCUT2D eigenvalue weighted by atomic mass is 10.0. The number of benzene rings is 2. The van der Waals surface area contributed by atoms with Gasteiger partial charge in [0.25, 0.3) is 0 Å². The number of nitrogens with zero attached hydrogens (tertiary/aromatic N) is 2. The normalized spacial score (nSPS) is 14.6. The molecule has 0 fully saturated rings. The van der Waals surface area contributed by atoms with E-state index in [4.69, 9.17) is 9.84 Å². The second kappa shape index (κ2) is 9.30. The summed E-state index contributed by atoms with van der Waals surface area (Å²) in [4.78, 5) is 18.5. The van der Waals surface area contributed by atoms with Crippen LogP contribution in [0.4, 0.5) is 13.2 Å². The van der Waals surface area contributed by atoms with Crippen molar-refractivity contribution in [3.63, 3.8) is 0 Å². The van der Waals surface area contributed by atoms with Crippen molar-refractivity contribution in [1.29, 1.82) is 0 Å². The first-order valence-corrected chi connectivity index (χ1v) is 10.9. The molecule has 168 valence electrons. The molecule has 5 nitrogen and oxygen atoms in total. The van der Waals surface area contributed by atoms with Crippen LogP contribution < -0.4 is 4.74 Å². The third kappa shape index (κ3) is 5.46. The van der Waals surface area contributed by atoms with Crippen molar-refractivity contribution in [2.75, 3.05) is 19.7 Å². The van der Waals surface area contributed by atoms with Crippen LogP contribution in [0.2, 0.25) is 0 Å². The Labute approximate surface area is 187 Å². The molecule has 0 atom stereocenters. The molecule has 0 unspecified atom stereocenters. The van der Waals surface area contributed by atoms with E-state index >= 15 is 0 Å². The number of carbonyl (C=O) groups is 1. The molecule has 0 radical (unpaired) electrons. The fourth-order valence-electron chi connectivity index (χ4n) is 3.68. The van der Waals surface area contributed by atoms with Gasteiger partial charge in [-0.3, -0.25) is 4.90 Å². The Bertz CT molecular complexity index is 1100. The Morgan fingerprint density at radius 1 is 1.09 bits per heavy atom. The summed E-state index contributed by atoms with van der Waals surface area (Å²) in [5.41, 5.74) is 2.39. The molecule has 3 aromatic rings. The summed E-state index contributed by atoms with van der Waals surface area (Å²) in [5, 5.41) is 9.47. The number of alkyl halides is 3. The topological polar surface area (TPSA) is 62.7 Å². The fourth-order valence-corrected chi connectivity index (χ4v) is 4.64. The zero-order valence-electron chi connectivity index (χ0n) is 17.1. The minimum atomic E-state index is -4.35. The third-order valence-electron chi connectivity index (χ3n) is 5.33. The fraction of sp³-hybridized carbons (Fsp3) is 0.304. The van der Waals surface area contributed by atoms with Crippen molar-refractivity contribution in [2.45, 2.75) is 25.6 Å². The molecule has 2 heterocycles. The van der Waals surface area contributed by atoms with Crippen LogP contribution in [0.1, 0.15) is 21.6 Å². The lowest BCUT2D eigenvalue weighted by Gasteiger charge is -2.18. The standard InChI is InChI=1S/C23H21F3N2O3S/c24-23(25,26)18-4-1-16(2-5-18)22-27-12-20(32-22)13-28-9-7-15-3-6-19(31-14-21(29)30)11-17(15)8-10-28/h1-6,11-12H,7-10,13-14H2,(H,29,30). The van der Waals surface area contributed by atoms with Crippen molar-refractivity contribution in [3.8, 4) is 16.3 Å². The number of aliphatic carboxylic acids is 1. The van der Waals surface area contributed by atoms with Gasteiger partial charge in [0.1, 0.15) is 10.8 Å².